The van der Waals surface area contributed by atoms with E-state index in [0.717, 1.165) is 50.5 Å². The van der Waals surface area contributed by atoms with Gasteiger partial charge in [-0.2, -0.15) is 0 Å². The molecule has 154 valence electrons. The van der Waals surface area contributed by atoms with E-state index >= 15 is 0 Å². The number of fused-ring (bicyclic) bond motifs is 1. The summed E-state index contributed by atoms with van der Waals surface area (Å²) >= 11 is 2.99. The zero-order valence-electron chi connectivity index (χ0n) is 16.9. The quantitative estimate of drug-likeness (QED) is 0.416. The number of benzene rings is 1. The number of carbonyl (C=O) groups excluding carboxylic acids is 1. The van der Waals surface area contributed by atoms with Gasteiger partial charge in [-0.05, 0) is 49.2 Å². The summed E-state index contributed by atoms with van der Waals surface area (Å²) in [6.07, 6.45) is 4.47. The van der Waals surface area contributed by atoms with Gasteiger partial charge in [0.25, 0.3) is 0 Å². The molecule has 1 aliphatic heterocycles. The molecule has 1 amide bonds. The molecule has 0 aliphatic carbocycles. The number of hydrogen-bond acceptors (Lipinski definition) is 7. The third kappa shape index (κ3) is 4.08. The lowest BCUT2D eigenvalue weighted by Crippen LogP contribution is -2.30. The maximum Gasteiger partial charge on any atom is 0.237 e. The average Bonchev–Trinajstić information content (AvgIpc) is 3.42. The summed E-state index contributed by atoms with van der Waals surface area (Å²) < 4.78 is 0. The SMILES string of the molecule is Cc1nc(-c2cccnc2)sc1-c1ccc(SCC(=O)N2CCc3ccccc32)nn1. The predicted molar refractivity (Wildman–Crippen MR) is 124 cm³/mol. The molecule has 4 aromatic rings. The van der Waals surface area contributed by atoms with Crippen LogP contribution >= 0.6 is 23.1 Å². The van der Waals surface area contributed by atoms with E-state index in [0.29, 0.717) is 5.75 Å². The first-order chi connectivity index (χ1) is 15.2. The van der Waals surface area contributed by atoms with Crippen LogP contribution in [0.5, 0.6) is 0 Å². The summed E-state index contributed by atoms with van der Waals surface area (Å²) in [5.41, 5.74) is 4.95. The molecule has 0 atom stereocenters. The summed E-state index contributed by atoms with van der Waals surface area (Å²) in [6, 6.07) is 15.8. The first-order valence-electron chi connectivity index (χ1n) is 9.92. The fraction of sp³-hybridized carbons (Fsp3) is 0.174. The normalized spacial score (nSPS) is 12.7. The molecule has 1 aromatic carbocycles. The number of amides is 1. The van der Waals surface area contributed by atoms with E-state index in [-0.39, 0.29) is 5.91 Å². The van der Waals surface area contributed by atoms with Gasteiger partial charge in [0.05, 0.1) is 16.3 Å². The molecule has 0 spiro atoms. The maximum atomic E-state index is 12.7. The summed E-state index contributed by atoms with van der Waals surface area (Å²) in [7, 11) is 0. The van der Waals surface area contributed by atoms with Gasteiger partial charge >= 0.3 is 0 Å². The fourth-order valence-electron chi connectivity index (χ4n) is 3.58. The molecule has 0 unspecified atom stereocenters. The van der Waals surface area contributed by atoms with Crippen molar-refractivity contribution in [3.8, 4) is 21.1 Å². The maximum absolute atomic E-state index is 12.7. The lowest BCUT2D eigenvalue weighted by molar-refractivity contribution is -0.116. The second-order valence-electron chi connectivity index (χ2n) is 7.14. The molecule has 8 heteroatoms. The number of hydrogen-bond donors (Lipinski definition) is 0. The number of carbonyl (C=O) groups is 1. The van der Waals surface area contributed by atoms with Gasteiger partial charge in [-0.3, -0.25) is 9.78 Å². The molecule has 4 heterocycles. The van der Waals surface area contributed by atoms with Crippen LogP contribution in [0.3, 0.4) is 0 Å². The van der Waals surface area contributed by atoms with Crippen LogP contribution in [0.4, 0.5) is 5.69 Å². The Labute approximate surface area is 188 Å². The van der Waals surface area contributed by atoms with Gasteiger partial charge in [-0.1, -0.05) is 30.0 Å². The van der Waals surface area contributed by atoms with Crippen molar-refractivity contribution in [2.45, 2.75) is 18.4 Å². The Hall–Kier alpha value is -3.10. The molecule has 0 radical (unpaired) electrons. The van der Waals surface area contributed by atoms with Crippen LogP contribution in [0.1, 0.15) is 11.3 Å². The number of aromatic nitrogens is 4. The van der Waals surface area contributed by atoms with Gasteiger partial charge in [-0.25, -0.2) is 4.98 Å². The minimum atomic E-state index is 0.0974. The van der Waals surface area contributed by atoms with E-state index in [1.165, 1.54) is 17.3 Å². The fourth-order valence-corrected chi connectivity index (χ4v) is 5.29. The Morgan fingerprint density at radius 3 is 2.84 bits per heavy atom. The minimum absolute atomic E-state index is 0.0974. The Balaban J connectivity index is 1.26. The van der Waals surface area contributed by atoms with Crippen LogP contribution in [0.25, 0.3) is 21.1 Å². The zero-order valence-corrected chi connectivity index (χ0v) is 18.5. The van der Waals surface area contributed by atoms with Crippen molar-refractivity contribution in [1.29, 1.82) is 0 Å². The van der Waals surface area contributed by atoms with Gasteiger partial charge < -0.3 is 4.90 Å². The lowest BCUT2D eigenvalue weighted by Gasteiger charge is -2.16. The molecular formula is C23H19N5OS2. The number of rotatable bonds is 5. The molecule has 0 N–H and O–H groups in total. The molecule has 0 saturated heterocycles. The Morgan fingerprint density at radius 1 is 1.13 bits per heavy atom. The van der Waals surface area contributed by atoms with Gasteiger partial charge in [-0.15, -0.1) is 21.5 Å². The topological polar surface area (TPSA) is 71.9 Å². The second kappa shape index (κ2) is 8.56. The molecule has 1 aliphatic rings. The Kier molecular flexibility index (Phi) is 5.48. The first-order valence-corrected chi connectivity index (χ1v) is 11.7. The van der Waals surface area contributed by atoms with Gasteiger partial charge in [0.1, 0.15) is 15.7 Å². The van der Waals surface area contributed by atoms with Gasteiger partial charge in [0.2, 0.25) is 5.91 Å². The highest BCUT2D eigenvalue weighted by Crippen LogP contribution is 2.34. The van der Waals surface area contributed by atoms with Crippen LogP contribution in [-0.2, 0) is 11.2 Å². The number of thiazole rings is 1. The third-order valence-corrected chi connectivity index (χ3v) is 7.24. The van der Waals surface area contributed by atoms with Gasteiger partial charge in [0.15, 0.2) is 0 Å². The first kappa shape index (κ1) is 19.8. The number of thioether (sulfide) groups is 1. The average molecular weight is 446 g/mol. The molecule has 6 nitrogen and oxygen atoms in total. The zero-order chi connectivity index (χ0) is 21.2. The summed E-state index contributed by atoms with van der Waals surface area (Å²) in [4.78, 5) is 24.4. The Bertz CT molecular complexity index is 1220. The second-order valence-corrected chi connectivity index (χ2v) is 9.14. The van der Waals surface area contributed by atoms with E-state index in [4.69, 9.17) is 0 Å². The molecule has 0 fully saturated rings. The predicted octanol–water partition coefficient (Wildman–Crippen LogP) is 4.65. The third-order valence-electron chi connectivity index (χ3n) is 5.11. The summed E-state index contributed by atoms with van der Waals surface area (Å²) in [5.74, 6) is 0.438. The van der Waals surface area contributed by atoms with Crippen LogP contribution in [0, 0.1) is 6.92 Å². The number of pyridine rings is 1. The highest BCUT2D eigenvalue weighted by Gasteiger charge is 2.24. The van der Waals surface area contributed by atoms with Crippen LogP contribution in [-0.4, -0.2) is 38.4 Å². The number of anilines is 1. The van der Waals surface area contributed by atoms with Crippen molar-refractivity contribution in [1.82, 2.24) is 20.2 Å². The van der Waals surface area contributed by atoms with E-state index < -0.39 is 0 Å². The van der Waals surface area contributed by atoms with Crippen molar-refractivity contribution in [3.05, 3.63) is 72.2 Å². The van der Waals surface area contributed by atoms with E-state index in [9.17, 15) is 4.79 Å². The number of nitrogens with zero attached hydrogens (tertiary/aromatic N) is 5. The summed E-state index contributed by atoms with van der Waals surface area (Å²) in [5, 5.41) is 10.4. The molecule has 0 saturated carbocycles. The van der Waals surface area contributed by atoms with Crippen molar-refractivity contribution in [3.63, 3.8) is 0 Å². The van der Waals surface area contributed by atoms with Crippen molar-refractivity contribution in [2.24, 2.45) is 0 Å². The van der Waals surface area contributed by atoms with Crippen LogP contribution in [0.2, 0.25) is 0 Å². The monoisotopic (exact) mass is 445 g/mol. The lowest BCUT2D eigenvalue weighted by atomic mass is 10.2. The summed E-state index contributed by atoms with van der Waals surface area (Å²) in [6.45, 7) is 2.72. The Morgan fingerprint density at radius 2 is 2.03 bits per heavy atom. The smallest absolute Gasteiger partial charge is 0.237 e. The molecule has 5 rings (SSSR count). The number of aryl methyl sites for hydroxylation is 1. The van der Waals surface area contributed by atoms with Crippen molar-refractivity contribution in [2.75, 3.05) is 17.2 Å². The molecule has 0 bridgehead atoms. The highest BCUT2D eigenvalue weighted by molar-refractivity contribution is 7.99. The van der Waals surface area contributed by atoms with Crippen molar-refractivity contribution >= 4 is 34.7 Å². The molecular weight excluding hydrogens is 426 g/mol. The van der Waals surface area contributed by atoms with E-state index in [1.54, 1.807) is 17.5 Å². The standard InChI is InChI=1S/C23H19N5OS2/c1-15-22(31-23(25-15)17-6-4-11-24-13-17)18-8-9-20(27-26-18)30-14-21(29)28-12-10-16-5-2-3-7-19(16)28/h2-9,11,13H,10,12,14H2,1H3. The van der Waals surface area contributed by atoms with E-state index in [2.05, 4.69) is 26.2 Å². The van der Waals surface area contributed by atoms with Crippen LogP contribution in [0.15, 0.2) is 66.0 Å². The highest BCUT2D eigenvalue weighted by atomic mass is 32.2. The molecule has 31 heavy (non-hydrogen) atoms. The number of para-hydroxylation sites is 1. The van der Waals surface area contributed by atoms with Crippen LogP contribution < -0.4 is 4.90 Å². The van der Waals surface area contributed by atoms with E-state index in [1.807, 2.05) is 60.5 Å². The minimum Gasteiger partial charge on any atom is -0.311 e. The van der Waals surface area contributed by atoms with Gasteiger partial charge in [0, 0.05) is 30.2 Å². The molecule has 3 aromatic heterocycles. The van der Waals surface area contributed by atoms with Crippen molar-refractivity contribution < 1.29 is 4.79 Å². The largest absolute Gasteiger partial charge is 0.311 e.